The van der Waals surface area contributed by atoms with E-state index in [1.54, 1.807) is 0 Å². The Balaban J connectivity index is 2.44. The number of piperidine rings is 1. The van der Waals surface area contributed by atoms with Gasteiger partial charge in [0.2, 0.25) is 0 Å². The smallest absolute Gasteiger partial charge is 0.306 e. The van der Waals surface area contributed by atoms with Crippen LogP contribution in [-0.2, 0) is 9.59 Å². The van der Waals surface area contributed by atoms with Gasteiger partial charge in [0.1, 0.15) is 0 Å². The van der Waals surface area contributed by atoms with Crippen molar-refractivity contribution in [1.82, 2.24) is 4.90 Å². The van der Waals surface area contributed by atoms with E-state index in [0.717, 1.165) is 0 Å². The van der Waals surface area contributed by atoms with Crippen LogP contribution in [0.5, 0.6) is 0 Å². The van der Waals surface area contributed by atoms with Crippen LogP contribution in [0.25, 0.3) is 0 Å². The van der Waals surface area contributed by atoms with Crippen LogP contribution in [0.3, 0.4) is 0 Å². The quantitative estimate of drug-likeness (QED) is 0.577. The van der Waals surface area contributed by atoms with Crippen molar-refractivity contribution >= 4 is 11.9 Å². The molecule has 0 radical (unpaired) electrons. The van der Waals surface area contributed by atoms with Crippen molar-refractivity contribution in [2.24, 2.45) is 5.92 Å². The Labute approximate surface area is 76.5 Å². The molecule has 0 unspecified atom stereocenters. The van der Waals surface area contributed by atoms with Gasteiger partial charge in [-0.1, -0.05) is 0 Å². The fraction of sp³-hybridized carbons (Fsp3) is 0.556. The zero-order chi connectivity index (χ0) is 9.84. The number of carboxylic acid groups (broad SMARTS) is 1. The number of likely N-dealkylation sites (tertiary alicyclic amines) is 1. The average molecular weight is 181 g/mol. The summed E-state index contributed by atoms with van der Waals surface area (Å²) in [7, 11) is 0. The number of carboxylic acids is 1. The molecule has 13 heavy (non-hydrogen) atoms. The largest absolute Gasteiger partial charge is 0.481 e. The van der Waals surface area contributed by atoms with Gasteiger partial charge < -0.3 is 10.0 Å². The minimum absolute atomic E-state index is 0.318. The van der Waals surface area contributed by atoms with E-state index in [0.29, 0.717) is 25.9 Å². The Morgan fingerprint density at radius 1 is 1.38 bits per heavy atom. The first-order valence-electron chi connectivity index (χ1n) is 4.13. The summed E-state index contributed by atoms with van der Waals surface area (Å²) < 4.78 is 0. The topological polar surface area (TPSA) is 57.6 Å². The van der Waals surface area contributed by atoms with Gasteiger partial charge in [-0.25, -0.2) is 0 Å². The van der Waals surface area contributed by atoms with Gasteiger partial charge in [-0.15, -0.1) is 6.42 Å². The number of carbonyl (C=O) groups excluding carboxylic acids is 1. The maximum atomic E-state index is 11.0. The summed E-state index contributed by atoms with van der Waals surface area (Å²) in [6.07, 6.45) is 5.95. The van der Waals surface area contributed by atoms with Gasteiger partial charge in [0, 0.05) is 13.1 Å². The molecule has 0 spiro atoms. The summed E-state index contributed by atoms with van der Waals surface area (Å²) in [6, 6.07) is 0. The van der Waals surface area contributed by atoms with Crippen LogP contribution in [0.2, 0.25) is 0 Å². The SMILES string of the molecule is C#CC(=O)N1CCC(C(=O)O)CC1. The first kappa shape index (κ1) is 9.59. The lowest BCUT2D eigenvalue weighted by Gasteiger charge is -2.28. The van der Waals surface area contributed by atoms with Crippen LogP contribution in [-0.4, -0.2) is 35.0 Å². The standard InChI is InChI=1S/C9H11NO3/c1-2-8(11)10-5-3-7(4-6-10)9(12)13/h1,7H,3-6H2,(H,12,13). The van der Waals surface area contributed by atoms with Crippen molar-refractivity contribution in [3.63, 3.8) is 0 Å². The zero-order valence-electron chi connectivity index (χ0n) is 7.19. The van der Waals surface area contributed by atoms with Gasteiger partial charge in [0.15, 0.2) is 0 Å². The van der Waals surface area contributed by atoms with Gasteiger partial charge >= 0.3 is 5.97 Å². The molecule has 1 rings (SSSR count). The molecule has 1 aliphatic heterocycles. The van der Waals surface area contributed by atoms with Crippen molar-refractivity contribution in [3.05, 3.63) is 0 Å². The second-order valence-electron chi connectivity index (χ2n) is 3.05. The summed E-state index contributed by atoms with van der Waals surface area (Å²) in [5.41, 5.74) is 0. The number of rotatable bonds is 1. The molecule has 1 heterocycles. The van der Waals surface area contributed by atoms with E-state index in [4.69, 9.17) is 11.5 Å². The highest BCUT2D eigenvalue weighted by Crippen LogP contribution is 2.16. The molecule has 0 bridgehead atoms. The van der Waals surface area contributed by atoms with Crippen LogP contribution in [0.1, 0.15) is 12.8 Å². The highest BCUT2D eigenvalue weighted by Gasteiger charge is 2.25. The minimum atomic E-state index is -0.784. The molecule has 0 saturated carbocycles. The summed E-state index contributed by atoms with van der Waals surface area (Å²) in [4.78, 5) is 23.1. The van der Waals surface area contributed by atoms with Crippen LogP contribution in [0, 0.1) is 18.3 Å². The third-order valence-corrected chi connectivity index (χ3v) is 2.25. The lowest BCUT2D eigenvalue weighted by molar-refractivity contribution is -0.144. The lowest BCUT2D eigenvalue weighted by Crippen LogP contribution is -2.39. The third kappa shape index (κ3) is 2.22. The van der Waals surface area contributed by atoms with Gasteiger partial charge in [-0.2, -0.15) is 0 Å². The van der Waals surface area contributed by atoms with Gasteiger partial charge in [0.05, 0.1) is 5.92 Å². The van der Waals surface area contributed by atoms with E-state index in [-0.39, 0.29) is 11.8 Å². The second-order valence-corrected chi connectivity index (χ2v) is 3.05. The molecule has 0 aromatic rings. The Hall–Kier alpha value is -1.50. The van der Waals surface area contributed by atoms with Crippen molar-refractivity contribution in [2.75, 3.05) is 13.1 Å². The van der Waals surface area contributed by atoms with E-state index in [1.807, 2.05) is 5.92 Å². The van der Waals surface area contributed by atoms with Gasteiger partial charge in [-0.3, -0.25) is 9.59 Å². The Bertz CT molecular complexity index is 259. The van der Waals surface area contributed by atoms with E-state index in [2.05, 4.69) is 0 Å². The molecule has 0 aromatic heterocycles. The number of hydrogen-bond donors (Lipinski definition) is 1. The molecule has 70 valence electrons. The molecule has 1 N–H and O–H groups in total. The molecular weight excluding hydrogens is 170 g/mol. The summed E-state index contributed by atoms with van der Waals surface area (Å²) in [6.45, 7) is 0.917. The normalized spacial score (nSPS) is 17.9. The van der Waals surface area contributed by atoms with Crippen LogP contribution < -0.4 is 0 Å². The summed E-state index contributed by atoms with van der Waals surface area (Å²) >= 11 is 0. The predicted octanol–water partition coefficient (Wildman–Crippen LogP) is -0.0572. The second kappa shape index (κ2) is 3.94. The molecule has 1 amide bonds. The monoisotopic (exact) mass is 181 g/mol. The first-order valence-corrected chi connectivity index (χ1v) is 4.13. The van der Waals surface area contributed by atoms with Crippen molar-refractivity contribution < 1.29 is 14.7 Å². The number of amides is 1. The van der Waals surface area contributed by atoms with Gasteiger partial charge in [0.25, 0.3) is 5.91 Å². The molecule has 4 nitrogen and oxygen atoms in total. The Morgan fingerprint density at radius 3 is 2.31 bits per heavy atom. The summed E-state index contributed by atoms with van der Waals surface area (Å²) in [5.74, 6) is 0.572. The van der Waals surface area contributed by atoms with E-state index < -0.39 is 5.97 Å². The molecular formula is C9H11NO3. The van der Waals surface area contributed by atoms with Crippen LogP contribution in [0.4, 0.5) is 0 Å². The maximum absolute atomic E-state index is 11.0. The van der Waals surface area contributed by atoms with Crippen molar-refractivity contribution in [1.29, 1.82) is 0 Å². The molecule has 0 aromatic carbocycles. The number of terminal acetylenes is 1. The molecule has 4 heteroatoms. The number of hydrogen-bond acceptors (Lipinski definition) is 2. The highest BCUT2D eigenvalue weighted by molar-refractivity contribution is 5.93. The Kier molecular flexibility index (Phi) is 2.91. The lowest BCUT2D eigenvalue weighted by atomic mass is 9.97. The van der Waals surface area contributed by atoms with Crippen LogP contribution >= 0.6 is 0 Å². The predicted molar refractivity (Wildman–Crippen MR) is 45.8 cm³/mol. The number of nitrogens with zero attached hydrogens (tertiary/aromatic N) is 1. The van der Waals surface area contributed by atoms with E-state index in [1.165, 1.54) is 4.90 Å². The molecule has 1 fully saturated rings. The molecule has 0 aliphatic carbocycles. The number of aliphatic carboxylic acids is 1. The molecule has 1 saturated heterocycles. The molecule has 1 aliphatic rings. The van der Waals surface area contributed by atoms with E-state index >= 15 is 0 Å². The summed E-state index contributed by atoms with van der Waals surface area (Å²) in [5, 5.41) is 8.68. The van der Waals surface area contributed by atoms with Crippen molar-refractivity contribution in [2.45, 2.75) is 12.8 Å². The molecule has 0 atom stereocenters. The minimum Gasteiger partial charge on any atom is -0.481 e. The number of carbonyl (C=O) groups is 2. The van der Waals surface area contributed by atoms with E-state index in [9.17, 15) is 9.59 Å². The fourth-order valence-electron chi connectivity index (χ4n) is 1.42. The van der Waals surface area contributed by atoms with Crippen LogP contribution in [0.15, 0.2) is 0 Å². The average Bonchev–Trinajstić information content (AvgIpc) is 2.17. The fourth-order valence-corrected chi connectivity index (χ4v) is 1.42. The highest BCUT2D eigenvalue weighted by atomic mass is 16.4. The zero-order valence-corrected chi connectivity index (χ0v) is 7.19. The maximum Gasteiger partial charge on any atom is 0.306 e. The Morgan fingerprint density at radius 2 is 1.92 bits per heavy atom. The van der Waals surface area contributed by atoms with Gasteiger partial charge in [-0.05, 0) is 18.8 Å². The first-order chi connectivity index (χ1) is 6.15. The van der Waals surface area contributed by atoms with Crippen molar-refractivity contribution in [3.8, 4) is 12.3 Å². The third-order valence-electron chi connectivity index (χ3n) is 2.25.